The highest BCUT2D eigenvalue weighted by Gasteiger charge is 2.32. The van der Waals surface area contributed by atoms with Crippen LogP contribution in [-0.4, -0.2) is 38.4 Å². The number of aromatic nitrogens is 4. The maximum Gasteiger partial charge on any atom is 0.434 e. The van der Waals surface area contributed by atoms with E-state index in [0.717, 1.165) is 17.7 Å². The lowest BCUT2D eigenvalue weighted by Gasteiger charge is -2.09. The lowest BCUT2D eigenvalue weighted by molar-refractivity contribution is -0.141. The predicted molar refractivity (Wildman–Crippen MR) is 109 cm³/mol. The van der Waals surface area contributed by atoms with E-state index in [0.29, 0.717) is 48.0 Å². The summed E-state index contributed by atoms with van der Waals surface area (Å²) in [5.41, 5.74) is 5.40. The van der Waals surface area contributed by atoms with E-state index in [2.05, 4.69) is 30.0 Å². The lowest BCUT2D eigenvalue weighted by Crippen LogP contribution is -2.14. The fraction of sp³-hybridized carbons (Fsp3) is 0.278. The number of nitrogens with two attached hydrogens (primary N) is 1. The molecule has 0 bridgehead atoms. The van der Waals surface area contributed by atoms with Gasteiger partial charge in [-0.2, -0.15) is 17.5 Å². The fourth-order valence-electron chi connectivity index (χ4n) is 2.37. The van der Waals surface area contributed by atoms with Crippen molar-refractivity contribution < 1.29 is 22.7 Å². The molecule has 3 heterocycles. The van der Waals surface area contributed by atoms with Gasteiger partial charge in [0.2, 0.25) is 5.88 Å². The van der Waals surface area contributed by atoms with Crippen LogP contribution in [0.1, 0.15) is 28.2 Å². The molecule has 0 radical (unpaired) electrons. The van der Waals surface area contributed by atoms with Gasteiger partial charge in [-0.3, -0.25) is 4.79 Å². The first-order chi connectivity index (χ1) is 14.8. The number of hydrogen-bond donors (Lipinski definition) is 3. The van der Waals surface area contributed by atoms with Gasteiger partial charge >= 0.3 is 6.18 Å². The van der Waals surface area contributed by atoms with Gasteiger partial charge in [-0.15, -0.1) is 0 Å². The van der Waals surface area contributed by atoms with E-state index in [1.54, 1.807) is 19.1 Å². The van der Waals surface area contributed by atoms with Gasteiger partial charge in [-0.25, -0.2) is 15.0 Å². The molecule has 0 aliphatic rings. The van der Waals surface area contributed by atoms with Crippen molar-refractivity contribution in [2.24, 2.45) is 5.73 Å². The van der Waals surface area contributed by atoms with Crippen LogP contribution >= 0.6 is 11.5 Å². The van der Waals surface area contributed by atoms with Crippen LogP contribution in [0.15, 0.2) is 30.7 Å². The minimum absolute atomic E-state index is 0.0475. The number of alkyl halides is 3. The number of carbonyl (C=O) groups is 1. The minimum atomic E-state index is -4.59. The molecule has 3 aromatic rings. The minimum Gasteiger partial charge on any atom is -0.478 e. The molecule has 0 spiro atoms. The normalized spacial score (nSPS) is 11.3. The molecule has 0 aliphatic heterocycles. The summed E-state index contributed by atoms with van der Waals surface area (Å²) in [5.74, 6) is -0.0124. The number of aryl methyl sites for hydroxylation is 1. The quantitative estimate of drug-likeness (QED) is 0.443. The molecule has 0 atom stereocenters. The number of anilines is 3. The summed E-state index contributed by atoms with van der Waals surface area (Å²) in [6.07, 6.45) is -0.898. The molecular formula is C18H18F3N7O2S. The lowest BCUT2D eigenvalue weighted by atomic mass is 10.2. The second-order valence-corrected chi connectivity index (χ2v) is 6.99. The molecule has 0 saturated heterocycles. The molecule has 3 rings (SSSR count). The zero-order chi connectivity index (χ0) is 22.4. The van der Waals surface area contributed by atoms with E-state index in [9.17, 15) is 18.0 Å². The van der Waals surface area contributed by atoms with Crippen molar-refractivity contribution in [3.8, 4) is 5.88 Å². The third kappa shape index (κ3) is 5.86. The van der Waals surface area contributed by atoms with E-state index in [4.69, 9.17) is 10.5 Å². The molecular weight excluding hydrogens is 435 g/mol. The van der Waals surface area contributed by atoms with Gasteiger partial charge in [-0.05, 0) is 37.5 Å². The summed E-state index contributed by atoms with van der Waals surface area (Å²) in [7, 11) is 0. The third-order valence-corrected chi connectivity index (χ3v) is 4.72. The number of amides is 1. The smallest absolute Gasteiger partial charge is 0.434 e. The Morgan fingerprint density at radius 1 is 1.19 bits per heavy atom. The van der Waals surface area contributed by atoms with Crippen molar-refractivity contribution in [1.29, 1.82) is 0 Å². The number of rotatable bonds is 8. The van der Waals surface area contributed by atoms with Crippen LogP contribution in [0.4, 0.5) is 29.7 Å². The van der Waals surface area contributed by atoms with Crippen molar-refractivity contribution in [1.82, 2.24) is 19.3 Å². The van der Waals surface area contributed by atoms with Gasteiger partial charge in [0.05, 0.1) is 42.1 Å². The maximum absolute atomic E-state index is 12.7. The SMILES string of the molecule is Cc1nsc(Nc2cnc(C(F)(F)F)cn2)c1C(=O)Nc1ccc(OCCCN)nc1. The number of nitrogens with zero attached hydrogens (tertiary/aromatic N) is 4. The molecule has 3 aromatic heterocycles. The van der Waals surface area contributed by atoms with Crippen LogP contribution in [0.5, 0.6) is 5.88 Å². The number of pyridine rings is 1. The molecule has 0 aromatic carbocycles. The first kappa shape index (κ1) is 22.4. The highest BCUT2D eigenvalue weighted by atomic mass is 32.1. The molecule has 13 heteroatoms. The van der Waals surface area contributed by atoms with Crippen molar-refractivity contribution >= 4 is 33.9 Å². The van der Waals surface area contributed by atoms with Gasteiger partial charge in [0, 0.05) is 6.07 Å². The number of halogens is 3. The van der Waals surface area contributed by atoms with Crippen molar-refractivity contribution in [2.75, 3.05) is 23.8 Å². The van der Waals surface area contributed by atoms with E-state index in [1.165, 1.54) is 6.20 Å². The van der Waals surface area contributed by atoms with Crippen LogP contribution in [0.25, 0.3) is 0 Å². The van der Waals surface area contributed by atoms with Gasteiger partial charge < -0.3 is 21.1 Å². The topological polar surface area (TPSA) is 128 Å². The first-order valence-corrected chi connectivity index (χ1v) is 9.78. The largest absolute Gasteiger partial charge is 0.478 e. The van der Waals surface area contributed by atoms with Crippen LogP contribution in [0.3, 0.4) is 0 Å². The van der Waals surface area contributed by atoms with Crippen LogP contribution in [0.2, 0.25) is 0 Å². The molecule has 0 fully saturated rings. The predicted octanol–water partition coefficient (Wildman–Crippen LogP) is 3.38. The monoisotopic (exact) mass is 453 g/mol. The molecule has 164 valence electrons. The average molecular weight is 453 g/mol. The standard InChI is InChI=1S/C18H18F3N7O2S/c1-10-15(16(29)26-11-3-4-14(25-7-11)30-6-2-5-22)17(31-28-10)27-13-9-23-12(8-24-13)18(19,20)21/h3-4,7-9H,2,5-6,22H2,1H3,(H,24,27)(H,26,29). The summed E-state index contributed by atoms with van der Waals surface area (Å²) < 4.78 is 47.4. The van der Waals surface area contributed by atoms with E-state index in [-0.39, 0.29) is 11.4 Å². The highest BCUT2D eigenvalue weighted by molar-refractivity contribution is 7.10. The first-order valence-electron chi connectivity index (χ1n) is 9.00. The second-order valence-electron chi connectivity index (χ2n) is 6.21. The van der Waals surface area contributed by atoms with E-state index in [1.807, 2.05) is 0 Å². The zero-order valence-corrected chi connectivity index (χ0v) is 17.0. The molecule has 4 N–H and O–H groups in total. The Labute approximate surface area is 179 Å². The molecule has 9 nitrogen and oxygen atoms in total. The summed E-state index contributed by atoms with van der Waals surface area (Å²) in [6.45, 7) is 2.59. The van der Waals surface area contributed by atoms with Crippen LogP contribution in [-0.2, 0) is 6.18 Å². The van der Waals surface area contributed by atoms with Gasteiger partial charge in [0.1, 0.15) is 10.8 Å². The number of ether oxygens (including phenoxy) is 1. The summed E-state index contributed by atoms with van der Waals surface area (Å²) in [5, 5.41) is 5.80. The zero-order valence-electron chi connectivity index (χ0n) is 16.2. The molecule has 1 amide bonds. The number of carbonyl (C=O) groups excluding carboxylic acids is 1. The molecule has 0 saturated carbocycles. The summed E-state index contributed by atoms with van der Waals surface area (Å²) >= 11 is 0.976. The maximum atomic E-state index is 12.7. The Morgan fingerprint density at radius 3 is 2.61 bits per heavy atom. The Balaban J connectivity index is 1.69. The summed E-state index contributed by atoms with van der Waals surface area (Å²) in [4.78, 5) is 23.9. The second kappa shape index (κ2) is 9.66. The molecule has 0 unspecified atom stereocenters. The van der Waals surface area contributed by atoms with Crippen LogP contribution in [0, 0.1) is 6.92 Å². The highest BCUT2D eigenvalue weighted by Crippen LogP contribution is 2.30. The van der Waals surface area contributed by atoms with Crippen molar-refractivity contribution in [2.45, 2.75) is 19.5 Å². The Bertz CT molecular complexity index is 1020. The van der Waals surface area contributed by atoms with Crippen molar-refractivity contribution in [3.63, 3.8) is 0 Å². The van der Waals surface area contributed by atoms with E-state index < -0.39 is 17.8 Å². The number of hydrogen-bond acceptors (Lipinski definition) is 9. The molecule has 31 heavy (non-hydrogen) atoms. The van der Waals surface area contributed by atoms with Crippen LogP contribution < -0.4 is 21.1 Å². The average Bonchev–Trinajstić information content (AvgIpc) is 3.09. The summed E-state index contributed by atoms with van der Waals surface area (Å²) in [6, 6.07) is 3.24. The Hall–Kier alpha value is -3.32. The van der Waals surface area contributed by atoms with Gasteiger partial charge in [0.15, 0.2) is 5.69 Å². The Kier molecular flexibility index (Phi) is 6.97. The van der Waals surface area contributed by atoms with Gasteiger partial charge in [0.25, 0.3) is 5.91 Å². The van der Waals surface area contributed by atoms with Gasteiger partial charge in [-0.1, -0.05) is 0 Å². The number of nitrogens with one attached hydrogen (secondary N) is 2. The van der Waals surface area contributed by atoms with Crippen molar-refractivity contribution in [3.05, 3.63) is 47.7 Å². The fourth-order valence-corrected chi connectivity index (χ4v) is 3.17. The third-order valence-electron chi connectivity index (χ3n) is 3.87. The van der Waals surface area contributed by atoms with E-state index >= 15 is 0 Å². The molecule has 0 aliphatic carbocycles. The Morgan fingerprint density at radius 2 is 2.00 bits per heavy atom.